The van der Waals surface area contributed by atoms with Crippen LogP contribution in [0.4, 0.5) is 81.5 Å². The summed E-state index contributed by atoms with van der Waals surface area (Å²) in [5.74, 6) is -2.37. The van der Waals surface area contributed by atoms with E-state index in [1.807, 2.05) is 10.6 Å². The van der Waals surface area contributed by atoms with E-state index < -0.39 is 108 Å². The van der Waals surface area contributed by atoms with Gasteiger partial charge in [-0.2, -0.15) is 0 Å². The maximum atomic E-state index is 10.8. The van der Waals surface area contributed by atoms with Crippen molar-refractivity contribution in [2.45, 2.75) is 26.2 Å². The lowest BCUT2D eigenvalue weighted by atomic mass is 10.3. The molecule has 0 aliphatic heterocycles. The van der Waals surface area contributed by atoms with Gasteiger partial charge in [-0.05, 0) is 6.92 Å². The van der Waals surface area contributed by atoms with Crippen LogP contribution in [-0.2, 0) is 19.2 Å². The van der Waals surface area contributed by atoms with E-state index in [1.54, 1.807) is 137 Å². The van der Waals surface area contributed by atoms with Crippen molar-refractivity contribution in [1.29, 1.82) is 0 Å². The zero-order valence-corrected chi connectivity index (χ0v) is 61.3. The molecular weight excluding hydrogens is 1360 g/mol. The first-order valence-corrected chi connectivity index (χ1v) is 27.1. The maximum Gasteiger partial charge on any atom is 0.324 e. The number of hydrogen-bond donors (Lipinski definition) is 24. The summed E-state index contributed by atoms with van der Waals surface area (Å²) in [7, 11) is 34.9. The fourth-order valence-corrected chi connectivity index (χ4v) is 2.58. The molecule has 53 nitrogen and oxygen atoms in total. The van der Waals surface area contributed by atoms with Crippen molar-refractivity contribution in [3.63, 3.8) is 0 Å². The highest BCUT2D eigenvalue weighted by Gasteiger charge is 2.10. The quantitative estimate of drug-likeness (QED) is 0.110. The lowest BCUT2D eigenvalue weighted by Gasteiger charge is -2.16. The van der Waals surface area contributed by atoms with Crippen molar-refractivity contribution in [3.8, 4) is 0 Å². The molecule has 0 aromatic carbocycles. The van der Waals surface area contributed by atoms with Crippen LogP contribution in [0.2, 0.25) is 0 Å². The molecule has 0 saturated carbocycles. The van der Waals surface area contributed by atoms with Gasteiger partial charge in [0.15, 0.2) is 0 Å². The van der Waals surface area contributed by atoms with E-state index in [4.69, 9.17) is 17.2 Å². The summed E-state index contributed by atoms with van der Waals surface area (Å²) in [6.07, 6.45) is -0.259. The van der Waals surface area contributed by atoms with Gasteiger partial charge >= 0.3 is 103 Å². The number of nitrogens with one attached hydrogen (secondary N) is 13. The first kappa shape index (κ1) is 118. The molecule has 0 unspecified atom stereocenters. The number of imide groups is 6. The molecule has 35 N–H and O–H groups in total. The zero-order valence-electron chi connectivity index (χ0n) is 61.3. The summed E-state index contributed by atoms with van der Waals surface area (Å²) in [6.45, 7) is 2.21. The van der Waals surface area contributed by atoms with Gasteiger partial charge in [-0.3, -0.25) is 51.1 Å². The summed E-state index contributed by atoms with van der Waals surface area (Å²) < 4.78 is 0. The Morgan fingerprint density at radius 1 is 0.248 bits per heavy atom. The van der Waals surface area contributed by atoms with Crippen LogP contribution in [0.15, 0.2) is 0 Å². The Labute approximate surface area is 584 Å². The Hall–Kier alpha value is -13.3. The Bertz CT molecular complexity index is 2420. The van der Waals surface area contributed by atoms with E-state index in [1.165, 1.54) is 74.4 Å². The molecule has 0 heterocycles. The second-order valence-electron chi connectivity index (χ2n) is 18.1. The molecule has 0 fully saturated rings. The van der Waals surface area contributed by atoms with Crippen LogP contribution in [0.5, 0.6) is 0 Å². The third kappa shape index (κ3) is 140. The number of primary amides is 11. The zero-order chi connectivity index (χ0) is 83.8. The number of carbonyl (C=O) groups is 21. The number of rotatable bonds is 6. The average molecular weight is 1470 g/mol. The minimum Gasteiger partial charge on any atom is -0.370 e. The number of nitrogens with two attached hydrogens (primary N) is 11. The van der Waals surface area contributed by atoms with Crippen molar-refractivity contribution in [1.82, 2.24) is 108 Å². The second-order valence-corrected chi connectivity index (χ2v) is 18.1. The molecule has 0 spiro atoms. The van der Waals surface area contributed by atoms with Gasteiger partial charge in [-0.1, -0.05) is 0 Å². The van der Waals surface area contributed by atoms with Crippen molar-refractivity contribution >= 4 is 126 Å². The minimum atomic E-state index is -0.938. The first-order chi connectivity index (χ1) is 45.7. The lowest BCUT2D eigenvalue weighted by Crippen LogP contribution is -2.43. The van der Waals surface area contributed by atoms with Crippen LogP contribution in [0.25, 0.3) is 0 Å². The number of amides is 38. The van der Waals surface area contributed by atoms with Crippen molar-refractivity contribution in [2.24, 2.45) is 63.1 Å². The van der Waals surface area contributed by atoms with Gasteiger partial charge in [0, 0.05) is 174 Å². The summed E-state index contributed by atoms with van der Waals surface area (Å²) >= 11 is 0. The van der Waals surface area contributed by atoms with E-state index in [-0.39, 0.29) is 37.4 Å². The SMILES string of the molecule is CCNC(=O)NC(N)=O.CN(C)C(=O)N(C)C.CN(C)C(=O)NC(=O)N(C)C.CN(C)C(=O)NC(N)=O.CN(C)C(N)=O.CNC(=O)N(C)C.CNC(=O)NC.CNC(=O)NC(=O)N(C)C.CNC(=O)NC(N)=O.CNC(N)=O.NC(=O)CC(N)=O.NC(=O)CCC(N)=O.NC(=O)NC(N)=O. The van der Waals surface area contributed by atoms with Crippen LogP contribution in [0.1, 0.15) is 26.2 Å². The number of carbonyl (C=O) groups excluding carboxylic acids is 21. The third-order valence-electron chi connectivity index (χ3n) is 7.29. The monoisotopic (exact) mass is 1470 g/mol. The Kier molecular flexibility index (Phi) is 90.5. The molecule has 0 aliphatic carbocycles. The molecule has 0 aromatic heterocycles. The summed E-state index contributed by atoms with van der Waals surface area (Å²) in [6, 6.07) is -8.96. The van der Waals surface area contributed by atoms with Gasteiger partial charge in [0.05, 0.1) is 0 Å². The fourth-order valence-electron chi connectivity index (χ4n) is 2.58. The average Bonchev–Trinajstić information content (AvgIpc) is 1.39. The smallest absolute Gasteiger partial charge is 0.324 e. The highest BCUT2D eigenvalue weighted by Crippen LogP contribution is 1.85. The molecule has 0 radical (unpaired) electrons. The highest BCUT2D eigenvalue weighted by molar-refractivity contribution is 5.96. The van der Waals surface area contributed by atoms with Gasteiger partial charge < -0.3 is 139 Å². The van der Waals surface area contributed by atoms with E-state index in [0.717, 1.165) is 0 Å². The standard InChI is InChI=1S/C6H13N3O2.C5H11N3O2.C5H12N2O.2C4H9N3O2.C4H8N2O2.C4H10N2O.C3H7N3O2.C3H6N2O2.2C3H8N2O.C2H5N3O2.C2H6N2O/c1-8(2)5(10)7-6(11)9(3)4;1-6-4(9)7-5(10)8(2)3;1-6(2)5(8)7(3)4;1-7(2)4(9)6-3(5)8;1-2-6-4(9)7-3(5)8;5-3(7)1-2-4(6)8;1-5-4(7)6(2)3;1-5-3(8)6-2(4)7;4-2(6)1-3(5)7;1-5(2)3(4)6;1-4-3(6)5-2;3-1(6)5-2(4)7;1-4-2(3)5/h1-4H3,(H,7,10,11);1-3H3,(H2,6,7,9,10);1-4H3;1-2H3,(H3,5,6,8,9);2H2,1H3,(H4,5,6,7,8,9);1-2H2,(H2,5,7)(H2,6,8);1-3H3,(H,5,7);1H3,(H4,4,5,6,7,8);1H2,(H2,4,6)(H2,5,7);1-2H3,(H2,4,6);1-2H3,(H2,4,5,6);(H5,3,4,5,6,7);1H3,(H3,3,4,5). The van der Waals surface area contributed by atoms with Crippen LogP contribution in [0, 0.1) is 0 Å². The molecule has 0 saturated heterocycles. The largest absolute Gasteiger partial charge is 0.370 e. The lowest BCUT2D eigenvalue weighted by molar-refractivity contribution is -0.126. The fraction of sp³-hybridized carbons (Fsp3) is 0.562. The molecule has 0 aromatic rings. The number of urea groups is 17. The van der Waals surface area contributed by atoms with E-state index in [0.29, 0.717) is 6.54 Å². The molecule has 0 atom stereocenters. The van der Waals surface area contributed by atoms with Gasteiger partial charge in [-0.25, -0.2) is 81.5 Å². The van der Waals surface area contributed by atoms with E-state index in [9.17, 15) is 101 Å². The molecule has 0 aliphatic rings. The van der Waals surface area contributed by atoms with Gasteiger partial charge in [0.2, 0.25) is 23.6 Å². The molecule has 101 heavy (non-hydrogen) atoms. The van der Waals surface area contributed by atoms with E-state index >= 15 is 0 Å². The maximum absolute atomic E-state index is 10.8. The molecule has 0 bridgehead atoms. The van der Waals surface area contributed by atoms with Gasteiger partial charge in [-0.15, -0.1) is 0 Å². The number of hydrogen-bond acceptors (Lipinski definition) is 21. The van der Waals surface area contributed by atoms with Crippen LogP contribution < -0.4 is 132 Å². The predicted molar refractivity (Wildman–Crippen MR) is 368 cm³/mol. The molecule has 590 valence electrons. The Morgan fingerprint density at radius 3 is 0.594 bits per heavy atom. The first-order valence-electron chi connectivity index (χ1n) is 27.1. The highest BCUT2D eigenvalue weighted by atomic mass is 16.2. The number of nitrogens with zero attached hydrogens (tertiary/aromatic N) is 8. The summed E-state index contributed by atoms with van der Waals surface area (Å²) in [5, 5.41) is 27.4. The molecule has 53 heteroatoms. The van der Waals surface area contributed by atoms with Gasteiger partial charge in [0.25, 0.3) is 0 Å². The van der Waals surface area contributed by atoms with Crippen LogP contribution in [0.3, 0.4) is 0 Å². The van der Waals surface area contributed by atoms with Crippen molar-refractivity contribution in [3.05, 3.63) is 0 Å². The topological polar surface area (TPSA) is 827 Å². The molecular formula is C48H112N32O21. The normalized spacial score (nSPS) is 7.99. The Morgan fingerprint density at radius 2 is 0.485 bits per heavy atom. The van der Waals surface area contributed by atoms with Gasteiger partial charge in [0.1, 0.15) is 6.42 Å². The molecule has 38 amide bonds. The van der Waals surface area contributed by atoms with E-state index in [2.05, 4.69) is 93.7 Å². The van der Waals surface area contributed by atoms with Crippen LogP contribution >= 0.6 is 0 Å². The minimum absolute atomic E-state index is 0.0185. The summed E-state index contributed by atoms with van der Waals surface area (Å²) in [5.41, 5.74) is 50.4. The van der Waals surface area contributed by atoms with Crippen LogP contribution in [-0.4, -0.2) is 327 Å². The predicted octanol–water partition coefficient (Wildman–Crippen LogP) is -8.36. The summed E-state index contributed by atoms with van der Waals surface area (Å²) in [4.78, 5) is 223. The van der Waals surface area contributed by atoms with Crippen molar-refractivity contribution in [2.75, 3.05) is 162 Å². The van der Waals surface area contributed by atoms with Crippen molar-refractivity contribution < 1.29 is 101 Å². The third-order valence-corrected chi connectivity index (χ3v) is 7.29. The Balaban J connectivity index is -0.0000000759. The molecule has 0 rings (SSSR count). The second kappa shape index (κ2) is 77.4.